The van der Waals surface area contributed by atoms with Gasteiger partial charge in [0.25, 0.3) is 0 Å². The Kier molecular flexibility index (Phi) is 5.51. The van der Waals surface area contributed by atoms with Gasteiger partial charge in [-0.1, -0.05) is 41.9 Å². The topological polar surface area (TPSA) is 99.6 Å². The Balaban J connectivity index is 1.99. The summed E-state index contributed by atoms with van der Waals surface area (Å²) in [5.41, 5.74) is 9.39. The SMILES string of the molecule is COc1ccc([C@@H]2C(C#N)=C(N)N(c3cccc(Br)c3)C3=C2C(=O)CC(C)(C)C3)cc1O. The molecule has 0 saturated carbocycles. The second-order valence-electron chi connectivity index (χ2n) is 8.89. The third-order valence-corrected chi connectivity index (χ3v) is 6.48. The van der Waals surface area contributed by atoms with E-state index in [4.69, 9.17) is 10.5 Å². The number of aromatic hydroxyl groups is 1. The zero-order chi connectivity index (χ0) is 23.2. The fourth-order valence-electron chi connectivity index (χ4n) is 4.64. The molecule has 0 bridgehead atoms. The van der Waals surface area contributed by atoms with E-state index in [-0.39, 0.29) is 28.3 Å². The van der Waals surface area contributed by atoms with Crippen molar-refractivity contribution in [2.45, 2.75) is 32.6 Å². The van der Waals surface area contributed by atoms with Crippen molar-refractivity contribution in [1.82, 2.24) is 0 Å². The maximum absolute atomic E-state index is 13.5. The molecule has 1 atom stereocenters. The molecule has 6 nitrogen and oxygen atoms in total. The Morgan fingerprint density at radius 3 is 2.62 bits per heavy atom. The van der Waals surface area contributed by atoms with Crippen LogP contribution in [-0.4, -0.2) is 18.0 Å². The maximum atomic E-state index is 13.5. The van der Waals surface area contributed by atoms with Gasteiger partial charge in [-0.2, -0.15) is 5.26 Å². The quantitative estimate of drug-likeness (QED) is 0.616. The highest BCUT2D eigenvalue weighted by molar-refractivity contribution is 9.10. The van der Waals surface area contributed by atoms with E-state index in [1.807, 2.05) is 29.2 Å². The van der Waals surface area contributed by atoms with Crippen molar-refractivity contribution < 1.29 is 14.6 Å². The van der Waals surface area contributed by atoms with Crippen LogP contribution in [0.3, 0.4) is 0 Å². The van der Waals surface area contributed by atoms with E-state index >= 15 is 0 Å². The molecule has 0 spiro atoms. The first kappa shape index (κ1) is 22.0. The van der Waals surface area contributed by atoms with Crippen molar-refractivity contribution in [2.24, 2.45) is 11.1 Å². The van der Waals surface area contributed by atoms with E-state index in [1.54, 1.807) is 18.2 Å². The molecule has 32 heavy (non-hydrogen) atoms. The number of rotatable bonds is 3. The van der Waals surface area contributed by atoms with Gasteiger partial charge in [0.1, 0.15) is 5.82 Å². The number of halogens is 1. The van der Waals surface area contributed by atoms with Crippen molar-refractivity contribution in [3.05, 3.63) is 75.2 Å². The molecular weight excluding hydrogens is 470 g/mol. The number of nitrogens with two attached hydrogens (primary N) is 1. The van der Waals surface area contributed by atoms with E-state index in [1.165, 1.54) is 7.11 Å². The Bertz CT molecular complexity index is 1220. The van der Waals surface area contributed by atoms with Gasteiger partial charge in [0.2, 0.25) is 0 Å². The fraction of sp³-hybridized carbons (Fsp3) is 0.280. The minimum absolute atomic E-state index is 0.0168. The summed E-state index contributed by atoms with van der Waals surface area (Å²) in [4.78, 5) is 15.3. The minimum atomic E-state index is -0.654. The number of carbonyl (C=O) groups excluding carboxylic acids is 1. The molecule has 1 aliphatic carbocycles. The summed E-state index contributed by atoms with van der Waals surface area (Å²) in [5.74, 6) is -0.118. The first-order chi connectivity index (χ1) is 15.2. The Morgan fingerprint density at radius 2 is 2.00 bits per heavy atom. The number of ether oxygens (including phenoxy) is 1. The van der Waals surface area contributed by atoms with Gasteiger partial charge in [0.05, 0.1) is 24.7 Å². The van der Waals surface area contributed by atoms with Gasteiger partial charge in [-0.25, -0.2) is 0 Å². The second-order valence-corrected chi connectivity index (χ2v) is 9.81. The average molecular weight is 494 g/mol. The van der Waals surface area contributed by atoms with Crippen LogP contribution in [0.2, 0.25) is 0 Å². The Labute approximate surface area is 195 Å². The second kappa shape index (κ2) is 8.03. The summed E-state index contributed by atoms with van der Waals surface area (Å²) in [6.45, 7) is 4.11. The zero-order valence-corrected chi connectivity index (χ0v) is 19.7. The van der Waals surface area contributed by atoms with Crippen LogP contribution in [0.25, 0.3) is 0 Å². The van der Waals surface area contributed by atoms with Crippen molar-refractivity contribution in [2.75, 3.05) is 12.0 Å². The molecule has 2 aromatic carbocycles. The number of anilines is 1. The lowest BCUT2D eigenvalue weighted by molar-refractivity contribution is -0.118. The molecule has 3 N–H and O–H groups in total. The molecule has 1 heterocycles. The fourth-order valence-corrected chi connectivity index (χ4v) is 5.03. The highest BCUT2D eigenvalue weighted by atomic mass is 79.9. The highest BCUT2D eigenvalue weighted by Gasteiger charge is 2.44. The molecule has 0 saturated heterocycles. The normalized spacial score (nSPS) is 20.2. The lowest BCUT2D eigenvalue weighted by Gasteiger charge is -2.43. The Hall–Kier alpha value is -3.24. The van der Waals surface area contributed by atoms with Crippen LogP contribution in [0, 0.1) is 16.7 Å². The van der Waals surface area contributed by atoms with Crippen molar-refractivity contribution >= 4 is 27.4 Å². The molecule has 2 aromatic rings. The van der Waals surface area contributed by atoms with Crippen molar-refractivity contribution in [1.29, 1.82) is 5.26 Å². The maximum Gasteiger partial charge on any atom is 0.162 e. The minimum Gasteiger partial charge on any atom is -0.504 e. The molecular formula is C25H24BrN3O3. The molecule has 1 aliphatic heterocycles. The van der Waals surface area contributed by atoms with Gasteiger partial charge in [-0.15, -0.1) is 0 Å². The molecule has 7 heteroatoms. The zero-order valence-electron chi connectivity index (χ0n) is 18.1. The summed E-state index contributed by atoms with van der Waals surface area (Å²) in [5, 5.41) is 20.5. The number of hydrogen-bond acceptors (Lipinski definition) is 6. The summed E-state index contributed by atoms with van der Waals surface area (Å²) >= 11 is 3.50. The van der Waals surface area contributed by atoms with Crippen molar-refractivity contribution in [3.63, 3.8) is 0 Å². The van der Waals surface area contributed by atoms with Crippen LogP contribution in [-0.2, 0) is 4.79 Å². The van der Waals surface area contributed by atoms with Gasteiger partial charge < -0.3 is 15.6 Å². The molecule has 0 radical (unpaired) electrons. The number of carbonyl (C=O) groups is 1. The number of ketones is 1. The number of Topliss-reactive ketones (excluding diaryl/α,β-unsaturated/α-hetero) is 1. The lowest BCUT2D eigenvalue weighted by Crippen LogP contribution is -2.42. The van der Waals surface area contributed by atoms with Crippen LogP contribution in [0.1, 0.15) is 38.2 Å². The van der Waals surface area contributed by atoms with Gasteiger partial charge in [-0.05, 0) is 47.7 Å². The van der Waals surface area contributed by atoms with Crippen LogP contribution in [0.15, 0.2) is 69.6 Å². The molecule has 4 rings (SSSR count). The Morgan fingerprint density at radius 1 is 1.25 bits per heavy atom. The van der Waals surface area contributed by atoms with Crippen molar-refractivity contribution in [3.8, 4) is 17.6 Å². The van der Waals surface area contributed by atoms with E-state index in [2.05, 4.69) is 35.8 Å². The lowest BCUT2D eigenvalue weighted by atomic mass is 9.68. The molecule has 0 unspecified atom stereocenters. The van der Waals surface area contributed by atoms with Crippen LogP contribution >= 0.6 is 15.9 Å². The molecule has 164 valence electrons. The molecule has 0 amide bonds. The number of phenols is 1. The van der Waals surface area contributed by atoms with Crippen LogP contribution in [0.5, 0.6) is 11.5 Å². The summed E-state index contributed by atoms with van der Waals surface area (Å²) in [6.07, 6.45) is 0.994. The number of hydrogen-bond donors (Lipinski definition) is 2. The molecule has 0 aromatic heterocycles. The van der Waals surface area contributed by atoms with Gasteiger partial charge >= 0.3 is 0 Å². The predicted molar refractivity (Wildman–Crippen MR) is 126 cm³/mol. The van der Waals surface area contributed by atoms with E-state index in [9.17, 15) is 15.2 Å². The first-order valence-corrected chi connectivity index (χ1v) is 11.0. The number of methoxy groups -OCH3 is 1. The number of benzene rings is 2. The van der Waals surface area contributed by atoms with Gasteiger partial charge in [-0.3, -0.25) is 9.69 Å². The van der Waals surface area contributed by atoms with E-state index < -0.39 is 5.92 Å². The number of phenolic OH excluding ortho intramolecular Hbond substituents is 1. The van der Waals surface area contributed by atoms with Crippen LogP contribution in [0.4, 0.5) is 5.69 Å². The number of allylic oxidation sites excluding steroid dienone is 3. The highest BCUT2D eigenvalue weighted by Crippen LogP contribution is 2.50. The standard InChI is InChI=1S/C25H24BrN3O3/c1-25(2)11-18-23(20(31)12-25)22(14-7-8-21(32-3)19(30)9-14)17(13-27)24(28)29(18)16-6-4-5-15(26)10-16/h4-10,22,30H,11-12,28H2,1-3H3/t22-/m1/s1. The summed E-state index contributed by atoms with van der Waals surface area (Å²) < 4.78 is 6.03. The third kappa shape index (κ3) is 3.65. The van der Waals surface area contributed by atoms with E-state index in [0.29, 0.717) is 29.7 Å². The predicted octanol–water partition coefficient (Wildman–Crippen LogP) is 5.10. The van der Waals surface area contributed by atoms with Gasteiger partial charge in [0, 0.05) is 27.9 Å². The largest absolute Gasteiger partial charge is 0.504 e. The average Bonchev–Trinajstić information content (AvgIpc) is 2.72. The first-order valence-electron chi connectivity index (χ1n) is 10.3. The summed E-state index contributed by atoms with van der Waals surface area (Å²) in [7, 11) is 1.47. The number of nitriles is 1. The number of nitrogens with zero attached hydrogens (tertiary/aromatic N) is 2. The molecule has 0 fully saturated rings. The smallest absolute Gasteiger partial charge is 0.162 e. The van der Waals surface area contributed by atoms with Crippen LogP contribution < -0.4 is 15.4 Å². The van der Waals surface area contributed by atoms with Gasteiger partial charge in [0.15, 0.2) is 17.3 Å². The monoisotopic (exact) mass is 493 g/mol. The van der Waals surface area contributed by atoms with E-state index in [0.717, 1.165) is 15.9 Å². The molecule has 2 aliphatic rings. The third-order valence-electron chi connectivity index (χ3n) is 5.98. The summed E-state index contributed by atoms with van der Waals surface area (Å²) in [6, 6.07) is 14.8.